The molecule has 1 aliphatic rings. The van der Waals surface area contributed by atoms with Crippen LogP contribution in [0.1, 0.15) is 36.0 Å². The van der Waals surface area contributed by atoms with Gasteiger partial charge in [-0.15, -0.1) is 0 Å². The maximum atomic E-state index is 14.8. The van der Waals surface area contributed by atoms with Crippen LogP contribution >= 0.6 is 0 Å². The van der Waals surface area contributed by atoms with Crippen LogP contribution in [-0.2, 0) is 12.8 Å². The molecule has 1 atom stereocenters. The average molecular weight is 471 g/mol. The Morgan fingerprint density at radius 2 is 1.53 bits per heavy atom. The van der Waals surface area contributed by atoms with Crippen molar-refractivity contribution in [3.8, 4) is 16.9 Å². The van der Waals surface area contributed by atoms with Gasteiger partial charge in [-0.2, -0.15) is 4.39 Å². The molecule has 0 amide bonds. The number of hydrogen-bond acceptors (Lipinski definition) is 2. The van der Waals surface area contributed by atoms with Crippen molar-refractivity contribution in [1.29, 1.82) is 0 Å². The van der Waals surface area contributed by atoms with Crippen LogP contribution in [0, 0.1) is 29.2 Å². The average Bonchev–Trinajstić information content (AvgIpc) is 2.87. The Labute approximate surface area is 196 Å². The Morgan fingerprint density at radius 1 is 0.824 bits per heavy atom. The largest absolute Gasteiger partial charge is 0.494 e. The quantitative estimate of drug-likeness (QED) is 0.382. The van der Waals surface area contributed by atoms with Crippen LogP contribution in [0.25, 0.3) is 16.7 Å². The number of allylic oxidation sites excluding steroid dienone is 2. The zero-order chi connectivity index (χ0) is 24.2. The first kappa shape index (κ1) is 24.0. The van der Waals surface area contributed by atoms with Gasteiger partial charge in [0.2, 0.25) is 5.82 Å². The van der Waals surface area contributed by atoms with Crippen molar-refractivity contribution < 1.29 is 27.4 Å². The highest BCUT2D eigenvalue weighted by Gasteiger charge is 2.20. The molecule has 0 heterocycles. The molecular weight excluding hydrogens is 444 g/mol. The topological polar surface area (TPSA) is 29.5 Å². The van der Waals surface area contributed by atoms with Gasteiger partial charge in [-0.1, -0.05) is 42.5 Å². The predicted molar refractivity (Wildman–Crippen MR) is 125 cm³/mol. The Hall–Kier alpha value is -3.12. The fourth-order valence-electron chi connectivity index (χ4n) is 4.37. The maximum absolute atomic E-state index is 14.8. The van der Waals surface area contributed by atoms with Crippen molar-refractivity contribution in [2.45, 2.75) is 32.1 Å². The lowest BCUT2D eigenvalue weighted by atomic mass is 9.86. The Morgan fingerprint density at radius 3 is 2.18 bits per heavy atom. The van der Waals surface area contributed by atoms with Gasteiger partial charge in [-0.05, 0) is 72.4 Å². The molecule has 2 nitrogen and oxygen atoms in total. The minimum atomic E-state index is -1.04. The number of aliphatic hydroxyl groups is 1. The highest BCUT2D eigenvalue weighted by molar-refractivity contribution is 5.67. The molecular formula is C28H26F4O2. The summed E-state index contributed by atoms with van der Waals surface area (Å²) in [6.45, 7) is 0.104. The fourth-order valence-corrected chi connectivity index (χ4v) is 4.37. The first-order valence-corrected chi connectivity index (χ1v) is 11.3. The van der Waals surface area contributed by atoms with Crippen molar-refractivity contribution in [2.75, 3.05) is 13.7 Å². The summed E-state index contributed by atoms with van der Waals surface area (Å²) in [5.74, 6) is -3.67. The molecule has 0 aromatic heterocycles. The van der Waals surface area contributed by atoms with Crippen molar-refractivity contribution in [1.82, 2.24) is 0 Å². The van der Waals surface area contributed by atoms with Gasteiger partial charge in [0.1, 0.15) is 0 Å². The molecule has 6 heteroatoms. The molecule has 0 aliphatic heterocycles. The van der Waals surface area contributed by atoms with Gasteiger partial charge >= 0.3 is 0 Å². The molecule has 0 saturated carbocycles. The molecule has 0 bridgehead atoms. The predicted octanol–water partition coefficient (Wildman–Crippen LogP) is 6.88. The molecule has 1 N–H and O–H groups in total. The molecule has 0 fully saturated rings. The maximum Gasteiger partial charge on any atom is 0.201 e. The lowest BCUT2D eigenvalue weighted by Gasteiger charge is -2.21. The first-order chi connectivity index (χ1) is 16.4. The minimum absolute atomic E-state index is 0.104. The Bertz CT molecular complexity index is 1200. The minimum Gasteiger partial charge on any atom is -0.494 e. The Kier molecular flexibility index (Phi) is 7.37. The molecule has 1 aliphatic carbocycles. The van der Waals surface area contributed by atoms with Gasteiger partial charge in [0.25, 0.3) is 0 Å². The van der Waals surface area contributed by atoms with Gasteiger partial charge in [0.15, 0.2) is 23.2 Å². The second kappa shape index (κ2) is 10.4. The molecule has 0 spiro atoms. The Balaban J connectivity index is 1.45. The number of methoxy groups -OCH3 is 1. The number of rotatable bonds is 7. The summed E-state index contributed by atoms with van der Waals surface area (Å²) in [5.41, 5.74) is 2.86. The lowest BCUT2D eigenvalue weighted by Crippen LogP contribution is -2.10. The number of hydrogen-bond donors (Lipinski definition) is 1. The van der Waals surface area contributed by atoms with Crippen molar-refractivity contribution in [3.05, 3.63) is 94.6 Å². The van der Waals surface area contributed by atoms with Crippen LogP contribution in [0.4, 0.5) is 17.6 Å². The van der Waals surface area contributed by atoms with E-state index in [1.807, 2.05) is 6.08 Å². The third-order valence-electron chi connectivity index (χ3n) is 6.50. The van der Waals surface area contributed by atoms with Crippen LogP contribution in [0.3, 0.4) is 0 Å². The van der Waals surface area contributed by atoms with Gasteiger partial charge < -0.3 is 9.84 Å². The van der Waals surface area contributed by atoms with Crippen molar-refractivity contribution in [2.24, 2.45) is 5.92 Å². The number of benzene rings is 3. The molecule has 4 rings (SSSR count). The van der Waals surface area contributed by atoms with E-state index < -0.39 is 23.3 Å². The van der Waals surface area contributed by atoms with Crippen LogP contribution in [0.15, 0.2) is 54.6 Å². The normalized spacial score (nSPS) is 15.8. The zero-order valence-corrected chi connectivity index (χ0v) is 18.9. The van der Waals surface area contributed by atoms with Gasteiger partial charge in [0.05, 0.1) is 7.11 Å². The summed E-state index contributed by atoms with van der Waals surface area (Å²) in [6, 6.07) is 13.0. The van der Waals surface area contributed by atoms with Gasteiger partial charge in [-0.3, -0.25) is 0 Å². The molecule has 3 aromatic carbocycles. The summed E-state index contributed by atoms with van der Waals surface area (Å²) >= 11 is 0. The van der Waals surface area contributed by atoms with Crippen LogP contribution in [0.5, 0.6) is 5.75 Å². The van der Waals surface area contributed by atoms with E-state index in [0.29, 0.717) is 36.8 Å². The van der Waals surface area contributed by atoms with Crippen LogP contribution in [0.2, 0.25) is 0 Å². The molecule has 1 unspecified atom stereocenters. The summed E-state index contributed by atoms with van der Waals surface area (Å²) in [7, 11) is 1.27. The van der Waals surface area contributed by atoms with E-state index in [4.69, 9.17) is 4.74 Å². The number of ether oxygens (including phenoxy) is 1. The van der Waals surface area contributed by atoms with Crippen LogP contribution in [-0.4, -0.2) is 18.8 Å². The number of halogens is 4. The second-order valence-electron chi connectivity index (χ2n) is 8.59. The smallest absolute Gasteiger partial charge is 0.201 e. The van der Waals surface area contributed by atoms with E-state index in [1.54, 1.807) is 36.4 Å². The summed E-state index contributed by atoms with van der Waals surface area (Å²) in [6.07, 6.45) is 4.70. The molecule has 3 aromatic rings. The van der Waals surface area contributed by atoms with E-state index in [1.165, 1.54) is 19.2 Å². The monoisotopic (exact) mass is 470 g/mol. The third kappa shape index (κ3) is 4.87. The van der Waals surface area contributed by atoms with Crippen LogP contribution < -0.4 is 4.74 Å². The molecule has 34 heavy (non-hydrogen) atoms. The number of aryl methyl sites for hydroxylation is 2. The SMILES string of the molecule is COc1ccc(-c2ccc(CCc3ccc(C4=CCC(CO)CC4)c(F)c3F)cc2)c(F)c1F. The standard InChI is InChI=1S/C28H26F4O2/c1-34-24-15-14-23(27(31)28(24)32)19-7-2-17(3-8-19)4-11-21-12-13-22(26(30)25(21)29)20-9-5-18(16-33)6-10-20/h2-3,7-9,12-15,18,33H,4-6,10-11,16H2,1H3. The highest BCUT2D eigenvalue weighted by atomic mass is 19.2. The van der Waals surface area contributed by atoms with E-state index in [2.05, 4.69) is 0 Å². The fraction of sp³-hybridized carbons (Fsp3) is 0.286. The van der Waals surface area contributed by atoms with Crippen molar-refractivity contribution >= 4 is 5.57 Å². The van der Waals surface area contributed by atoms with E-state index >= 15 is 0 Å². The molecule has 0 radical (unpaired) electrons. The second-order valence-corrected chi connectivity index (χ2v) is 8.59. The van der Waals surface area contributed by atoms with Gasteiger partial charge in [0, 0.05) is 17.7 Å². The van der Waals surface area contributed by atoms with E-state index in [-0.39, 0.29) is 29.4 Å². The van der Waals surface area contributed by atoms with Gasteiger partial charge in [-0.25, -0.2) is 13.2 Å². The van der Waals surface area contributed by atoms with E-state index in [0.717, 1.165) is 17.6 Å². The molecule has 0 saturated heterocycles. The zero-order valence-electron chi connectivity index (χ0n) is 18.9. The number of aliphatic hydroxyl groups excluding tert-OH is 1. The summed E-state index contributed by atoms with van der Waals surface area (Å²) in [4.78, 5) is 0. The third-order valence-corrected chi connectivity index (χ3v) is 6.50. The van der Waals surface area contributed by atoms with Crippen molar-refractivity contribution in [3.63, 3.8) is 0 Å². The highest BCUT2D eigenvalue weighted by Crippen LogP contribution is 2.33. The first-order valence-electron chi connectivity index (χ1n) is 11.3. The molecule has 178 valence electrons. The summed E-state index contributed by atoms with van der Waals surface area (Å²) < 4.78 is 62.7. The van der Waals surface area contributed by atoms with E-state index in [9.17, 15) is 22.7 Å². The summed E-state index contributed by atoms with van der Waals surface area (Å²) in [5, 5.41) is 9.25. The lowest BCUT2D eigenvalue weighted by molar-refractivity contribution is 0.218.